The zero-order chi connectivity index (χ0) is 9.26. The van der Waals surface area contributed by atoms with Crippen LogP contribution in [0.1, 0.15) is 38.5 Å². The molecule has 2 aliphatic rings. The average Bonchev–Trinajstić information content (AvgIpc) is 2.91. The molecule has 0 radical (unpaired) electrons. The summed E-state index contributed by atoms with van der Waals surface area (Å²) in [6.07, 6.45) is 6.72. The highest BCUT2D eigenvalue weighted by molar-refractivity contribution is 5.81. The fraction of sp³-hybridized carbons (Fsp3) is 0.900. The third-order valence-corrected chi connectivity index (χ3v) is 3.10. The Morgan fingerprint density at radius 1 is 1.15 bits per heavy atom. The predicted molar refractivity (Wildman–Crippen MR) is 51.1 cm³/mol. The van der Waals surface area contributed by atoms with Gasteiger partial charge in [0.1, 0.15) is 0 Å². The highest BCUT2D eigenvalue weighted by Gasteiger charge is 2.32. The number of hydrogen-bond acceptors (Lipinski definition) is 2. The van der Waals surface area contributed by atoms with Gasteiger partial charge in [-0.15, -0.1) is 0 Å². The first-order chi connectivity index (χ1) is 6.27. The van der Waals surface area contributed by atoms with Crippen molar-refractivity contribution >= 4 is 5.91 Å². The molecule has 0 aromatic rings. The van der Waals surface area contributed by atoms with Gasteiger partial charge < -0.3 is 11.1 Å². The summed E-state index contributed by atoms with van der Waals surface area (Å²) < 4.78 is 0. The van der Waals surface area contributed by atoms with Gasteiger partial charge in [-0.2, -0.15) is 0 Å². The van der Waals surface area contributed by atoms with Crippen molar-refractivity contribution in [3.63, 3.8) is 0 Å². The zero-order valence-electron chi connectivity index (χ0n) is 7.96. The summed E-state index contributed by atoms with van der Waals surface area (Å²) in [7, 11) is 0. The molecule has 2 atom stereocenters. The molecule has 3 nitrogen and oxygen atoms in total. The lowest BCUT2D eigenvalue weighted by Crippen LogP contribution is -2.49. The van der Waals surface area contributed by atoms with Crippen LogP contribution in [0.25, 0.3) is 0 Å². The van der Waals surface area contributed by atoms with Crippen molar-refractivity contribution in [2.24, 2.45) is 11.7 Å². The molecule has 2 saturated carbocycles. The van der Waals surface area contributed by atoms with Gasteiger partial charge in [0.2, 0.25) is 5.91 Å². The number of hydrogen-bond donors (Lipinski definition) is 2. The van der Waals surface area contributed by atoms with Gasteiger partial charge in [0, 0.05) is 18.0 Å². The summed E-state index contributed by atoms with van der Waals surface area (Å²) in [5, 5.41) is 3.07. The summed E-state index contributed by atoms with van der Waals surface area (Å²) >= 11 is 0. The first-order valence-corrected chi connectivity index (χ1v) is 5.33. The van der Waals surface area contributed by atoms with E-state index in [1.807, 2.05) is 0 Å². The van der Waals surface area contributed by atoms with Crippen molar-refractivity contribution in [2.75, 3.05) is 0 Å². The molecule has 0 aliphatic heterocycles. The Labute approximate surface area is 79.1 Å². The molecule has 3 N–H and O–H groups in total. The minimum atomic E-state index is 0.191. The largest absolute Gasteiger partial charge is 0.352 e. The van der Waals surface area contributed by atoms with Gasteiger partial charge in [-0.3, -0.25) is 4.79 Å². The van der Waals surface area contributed by atoms with E-state index >= 15 is 0 Å². The maximum absolute atomic E-state index is 11.5. The standard InChI is InChI=1S/C10H18N2O/c11-8-3-1-2-4-9(8)12-10(13)7-5-6-7/h7-9H,1-6,11H2,(H,12,13)/t8-,9-/m1/s1. The van der Waals surface area contributed by atoms with Gasteiger partial charge >= 0.3 is 0 Å². The molecular formula is C10H18N2O. The van der Waals surface area contributed by atoms with Crippen LogP contribution < -0.4 is 11.1 Å². The van der Waals surface area contributed by atoms with E-state index in [1.54, 1.807) is 0 Å². The van der Waals surface area contributed by atoms with E-state index in [0.717, 1.165) is 25.7 Å². The highest BCUT2D eigenvalue weighted by atomic mass is 16.2. The summed E-state index contributed by atoms with van der Waals surface area (Å²) in [6.45, 7) is 0. The van der Waals surface area contributed by atoms with Gasteiger partial charge in [0.05, 0.1) is 0 Å². The van der Waals surface area contributed by atoms with Crippen LogP contribution in [0.5, 0.6) is 0 Å². The normalized spacial score (nSPS) is 34.2. The number of amides is 1. The lowest BCUT2D eigenvalue weighted by molar-refractivity contribution is -0.123. The van der Waals surface area contributed by atoms with Crippen molar-refractivity contribution in [3.05, 3.63) is 0 Å². The molecule has 0 spiro atoms. The van der Waals surface area contributed by atoms with Crippen LogP contribution in [0.2, 0.25) is 0 Å². The minimum Gasteiger partial charge on any atom is -0.352 e. The number of carbonyl (C=O) groups is 1. The molecule has 0 aromatic heterocycles. The summed E-state index contributed by atoms with van der Waals surface area (Å²) in [5.74, 6) is 0.552. The van der Waals surface area contributed by atoms with E-state index in [9.17, 15) is 4.79 Å². The third kappa shape index (κ3) is 2.21. The molecule has 2 aliphatic carbocycles. The number of rotatable bonds is 2. The summed E-state index contributed by atoms with van der Waals surface area (Å²) in [6, 6.07) is 0.443. The fourth-order valence-corrected chi connectivity index (χ4v) is 1.98. The molecule has 0 heterocycles. The van der Waals surface area contributed by atoms with Crippen LogP contribution in [0.15, 0.2) is 0 Å². The van der Waals surface area contributed by atoms with Crippen molar-refractivity contribution < 1.29 is 4.79 Å². The number of nitrogens with one attached hydrogen (secondary N) is 1. The summed E-state index contributed by atoms with van der Waals surface area (Å²) in [4.78, 5) is 11.5. The molecule has 2 fully saturated rings. The lowest BCUT2D eigenvalue weighted by Gasteiger charge is -2.29. The van der Waals surface area contributed by atoms with E-state index in [0.29, 0.717) is 5.92 Å². The Kier molecular flexibility index (Phi) is 2.54. The second-order valence-electron chi connectivity index (χ2n) is 4.34. The Balaban J connectivity index is 1.81. The SMILES string of the molecule is N[C@@H]1CCCC[C@H]1NC(=O)C1CC1. The second-order valence-corrected chi connectivity index (χ2v) is 4.34. The third-order valence-electron chi connectivity index (χ3n) is 3.10. The van der Waals surface area contributed by atoms with Crippen LogP contribution in [0.3, 0.4) is 0 Å². The molecule has 13 heavy (non-hydrogen) atoms. The smallest absolute Gasteiger partial charge is 0.223 e. The molecule has 2 rings (SSSR count). The lowest BCUT2D eigenvalue weighted by atomic mass is 9.91. The van der Waals surface area contributed by atoms with Gasteiger partial charge in [-0.05, 0) is 25.7 Å². The van der Waals surface area contributed by atoms with E-state index in [2.05, 4.69) is 5.32 Å². The van der Waals surface area contributed by atoms with Crippen molar-refractivity contribution in [1.82, 2.24) is 5.32 Å². The Morgan fingerprint density at radius 2 is 1.85 bits per heavy atom. The molecule has 0 saturated heterocycles. The van der Waals surface area contributed by atoms with Gasteiger partial charge in [-0.1, -0.05) is 12.8 Å². The number of carbonyl (C=O) groups excluding carboxylic acids is 1. The average molecular weight is 182 g/mol. The minimum absolute atomic E-state index is 0.191. The first kappa shape index (κ1) is 9.00. The van der Waals surface area contributed by atoms with Crippen LogP contribution in [0.4, 0.5) is 0 Å². The molecule has 3 heteroatoms. The van der Waals surface area contributed by atoms with E-state index < -0.39 is 0 Å². The molecule has 0 aromatic carbocycles. The highest BCUT2D eigenvalue weighted by Crippen LogP contribution is 2.29. The quantitative estimate of drug-likeness (QED) is 0.663. The van der Waals surface area contributed by atoms with Crippen LogP contribution in [-0.2, 0) is 4.79 Å². The van der Waals surface area contributed by atoms with Gasteiger partial charge in [0.15, 0.2) is 0 Å². The Bertz CT molecular complexity index is 201. The number of nitrogens with two attached hydrogens (primary N) is 1. The van der Waals surface area contributed by atoms with Crippen LogP contribution >= 0.6 is 0 Å². The Morgan fingerprint density at radius 3 is 2.46 bits per heavy atom. The summed E-state index contributed by atoms with van der Waals surface area (Å²) in [5.41, 5.74) is 5.93. The maximum Gasteiger partial charge on any atom is 0.223 e. The van der Waals surface area contributed by atoms with Crippen LogP contribution in [-0.4, -0.2) is 18.0 Å². The maximum atomic E-state index is 11.5. The van der Waals surface area contributed by atoms with E-state index in [4.69, 9.17) is 5.73 Å². The van der Waals surface area contributed by atoms with Gasteiger partial charge in [-0.25, -0.2) is 0 Å². The monoisotopic (exact) mass is 182 g/mol. The molecule has 1 amide bonds. The fourth-order valence-electron chi connectivity index (χ4n) is 1.98. The van der Waals surface area contributed by atoms with Crippen molar-refractivity contribution in [2.45, 2.75) is 50.6 Å². The van der Waals surface area contributed by atoms with E-state index in [-0.39, 0.29) is 18.0 Å². The second kappa shape index (κ2) is 3.66. The topological polar surface area (TPSA) is 55.1 Å². The first-order valence-electron chi connectivity index (χ1n) is 5.33. The predicted octanol–water partition coefficient (Wildman–Crippen LogP) is 0.782. The van der Waals surface area contributed by atoms with Gasteiger partial charge in [0.25, 0.3) is 0 Å². The molecule has 0 bridgehead atoms. The molecule has 0 unspecified atom stereocenters. The Hall–Kier alpha value is -0.570. The van der Waals surface area contributed by atoms with Crippen molar-refractivity contribution in [1.29, 1.82) is 0 Å². The molecule has 74 valence electrons. The van der Waals surface area contributed by atoms with Crippen LogP contribution in [0, 0.1) is 5.92 Å². The van der Waals surface area contributed by atoms with E-state index in [1.165, 1.54) is 12.8 Å². The zero-order valence-corrected chi connectivity index (χ0v) is 7.96. The van der Waals surface area contributed by atoms with Crippen molar-refractivity contribution in [3.8, 4) is 0 Å². The molecular weight excluding hydrogens is 164 g/mol.